The van der Waals surface area contributed by atoms with Crippen LogP contribution >= 0.6 is 0 Å². The van der Waals surface area contributed by atoms with E-state index in [1.807, 2.05) is 0 Å². The summed E-state index contributed by atoms with van der Waals surface area (Å²) in [5.74, 6) is 0.572. The van der Waals surface area contributed by atoms with Crippen molar-refractivity contribution >= 4 is 0 Å². The number of rotatable bonds is 0. The van der Waals surface area contributed by atoms with Gasteiger partial charge in [-0.2, -0.15) is 9.78 Å². The van der Waals surface area contributed by atoms with Gasteiger partial charge in [0.25, 0.3) is 0 Å². The molecule has 2 fully saturated rings. The van der Waals surface area contributed by atoms with Crippen LogP contribution in [0, 0.1) is 11.3 Å². The van der Waals surface area contributed by atoms with Crippen molar-refractivity contribution in [3.63, 3.8) is 0 Å². The molecule has 0 aromatic carbocycles. The van der Waals surface area contributed by atoms with E-state index in [0.29, 0.717) is 5.41 Å². The highest BCUT2D eigenvalue weighted by molar-refractivity contribution is 4.91. The third-order valence-corrected chi connectivity index (χ3v) is 2.63. The van der Waals surface area contributed by atoms with E-state index >= 15 is 0 Å². The highest BCUT2D eigenvalue weighted by Gasteiger charge is 2.55. The van der Waals surface area contributed by atoms with Gasteiger partial charge in [0.05, 0.1) is 0 Å². The molecule has 0 bridgehead atoms. The Morgan fingerprint density at radius 2 is 1.82 bits per heavy atom. The van der Waals surface area contributed by atoms with Crippen molar-refractivity contribution in [2.45, 2.75) is 45.8 Å². The van der Waals surface area contributed by atoms with E-state index in [4.69, 9.17) is 9.78 Å². The van der Waals surface area contributed by atoms with Crippen LogP contribution in [0.4, 0.5) is 0 Å². The Kier molecular flexibility index (Phi) is 1.37. The second-order valence-corrected chi connectivity index (χ2v) is 4.93. The molecule has 1 heterocycles. The number of hydrogen-bond donors (Lipinski definition) is 0. The van der Waals surface area contributed by atoms with Crippen LogP contribution < -0.4 is 0 Å². The van der Waals surface area contributed by atoms with Gasteiger partial charge in [-0.3, -0.25) is 0 Å². The summed E-state index contributed by atoms with van der Waals surface area (Å²) in [6, 6.07) is 0. The minimum Gasteiger partial charge on any atom is -0.195 e. The van der Waals surface area contributed by atoms with Crippen molar-refractivity contribution in [3.05, 3.63) is 0 Å². The van der Waals surface area contributed by atoms with Crippen LogP contribution in [-0.2, 0) is 9.78 Å². The molecule has 64 valence electrons. The Bertz CT molecular complexity index is 164. The molecule has 0 aromatic heterocycles. The first-order chi connectivity index (χ1) is 5.02. The molecule has 1 saturated heterocycles. The molecule has 0 amide bonds. The molecular weight excluding hydrogens is 140 g/mol. The summed E-state index contributed by atoms with van der Waals surface area (Å²) in [4.78, 5) is 10.1. The molecule has 1 spiro atoms. The Labute approximate surface area is 67.8 Å². The average Bonchev–Trinajstić information content (AvgIpc) is 2.41. The molecule has 1 aliphatic carbocycles. The summed E-state index contributed by atoms with van der Waals surface area (Å²) >= 11 is 0. The van der Waals surface area contributed by atoms with Gasteiger partial charge >= 0.3 is 0 Å². The molecule has 2 nitrogen and oxygen atoms in total. The van der Waals surface area contributed by atoms with Crippen LogP contribution in [0.25, 0.3) is 0 Å². The molecular formula is C9H16O2. The second-order valence-electron chi connectivity index (χ2n) is 4.93. The topological polar surface area (TPSA) is 25.1 Å². The van der Waals surface area contributed by atoms with Crippen LogP contribution in [-0.4, -0.2) is 5.79 Å². The fraction of sp³-hybridized carbons (Fsp3) is 1.00. The van der Waals surface area contributed by atoms with E-state index in [1.165, 1.54) is 6.42 Å². The summed E-state index contributed by atoms with van der Waals surface area (Å²) < 4.78 is 0. The van der Waals surface area contributed by atoms with Gasteiger partial charge in [-0.15, -0.1) is 0 Å². The summed E-state index contributed by atoms with van der Waals surface area (Å²) in [6.45, 7) is 6.85. The summed E-state index contributed by atoms with van der Waals surface area (Å²) in [5.41, 5.74) is 0.397. The summed E-state index contributed by atoms with van der Waals surface area (Å²) in [6.07, 6.45) is 3.43. The monoisotopic (exact) mass is 156 g/mol. The maximum Gasteiger partial charge on any atom is 0.235 e. The molecule has 1 aliphatic heterocycles. The molecule has 2 heteroatoms. The molecule has 1 saturated carbocycles. The molecule has 2 aliphatic rings. The van der Waals surface area contributed by atoms with Crippen LogP contribution in [0.2, 0.25) is 0 Å². The lowest BCUT2D eigenvalue weighted by Crippen LogP contribution is -2.32. The van der Waals surface area contributed by atoms with Gasteiger partial charge in [0.1, 0.15) is 0 Å². The lowest BCUT2D eigenvalue weighted by atomic mass is 9.70. The highest BCUT2D eigenvalue weighted by Crippen LogP contribution is 2.52. The quantitative estimate of drug-likeness (QED) is 0.397. The average molecular weight is 156 g/mol. The summed E-state index contributed by atoms with van der Waals surface area (Å²) in [7, 11) is 0. The zero-order chi connectivity index (χ0) is 8.11. The van der Waals surface area contributed by atoms with Crippen molar-refractivity contribution in [3.8, 4) is 0 Å². The third kappa shape index (κ3) is 1.42. The van der Waals surface area contributed by atoms with Gasteiger partial charge < -0.3 is 0 Å². The molecule has 0 N–H and O–H groups in total. The van der Waals surface area contributed by atoms with Crippen LogP contribution in [0.1, 0.15) is 40.0 Å². The van der Waals surface area contributed by atoms with Gasteiger partial charge in [0.2, 0.25) is 5.79 Å². The Morgan fingerprint density at radius 1 is 1.18 bits per heavy atom. The predicted octanol–water partition coefficient (Wildman–Crippen LogP) is 2.49. The molecule has 1 unspecified atom stereocenters. The summed E-state index contributed by atoms with van der Waals surface area (Å²) in [5, 5.41) is 0. The van der Waals surface area contributed by atoms with Gasteiger partial charge in [0, 0.05) is 12.8 Å². The Balaban J connectivity index is 2.09. The second kappa shape index (κ2) is 1.99. The van der Waals surface area contributed by atoms with Crippen molar-refractivity contribution in [2.75, 3.05) is 0 Å². The van der Waals surface area contributed by atoms with Gasteiger partial charge in [0.15, 0.2) is 0 Å². The Hall–Kier alpha value is -0.0800. The minimum atomic E-state index is -0.166. The Morgan fingerprint density at radius 3 is 2.27 bits per heavy atom. The van der Waals surface area contributed by atoms with Crippen LogP contribution in [0.15, 0.2) is 0 Å². The lowest BCUT2D eigenvalue weighted by Gasteiger charge is -2.35. The maximum atomic E-state index is 5.04. The van der Waals surface area contributed by atoms with Crippen molar-refractivity contribution in [1.29, 1.82) is 0 Å². The normalized spacial score (nSPS) is 39.0. The number of hydrogen-bond acceptors (Lipinski definition) is 2. The minimum absolute atomic E-state index is 0.166. The fourth-order valence-corrected chi connectivity index (χ4v) is 2.61. The first-order valence-electron chi connectivity index (χ1n) is 4.38. The fourth-order valence-electron chi connectivity index (χ4n) is 2.61. The standard InChI is InChI=1S/C9H16O2/c1-7-4-8(2,3)6-9(5-7)10-11-9/h7H,4-6H2,1-3H3. The maximum absolute atomic E-state index is 5.04. The molecule has 1 atom stereocenters. The molecule has 0 radical (unpaired) electrons. The largest absolute Gasteiger partial charge is 0.235 e. The lowest BCUT2D eigenvalue weighted by molar-refractivity contribution is 0.0850. The van der Waals surface area contributed by atoms with E-state index in [0.717, 1.165) is 18.8 Å². The van der Waals surface area contributed by atoms with E-state index in [9.17, 15) is 0 Å². The zero-order valence-corrected chi connectivity index (χ0v) is 7.52. The van der Waals surface area contributed by atoms with Crippen molar-refractivity contribution < 1.29 is 9.78 Å². The SMILES string of the molecule is CC1CC(C)(C)CC2(C1)OO2. The van der Waals surface area contributed by atoms with E-state index in [1.54, 1.807) is 0 Å². The smallest absolute Gasteiger partial charge is 0.195 e. The van der Waals surface area contributed by atoms with Gasteiger partial charge in [-0.1, -0.05) is 20.8 Å². The zero-order valence-electron chi connectivity index (χ0n) is 7.52. The highest BCUT2D eigenvalue weighted by atomic mass is 17.4. The van der Waals surface area contributed by atoms with Gasteiger partial charge in [-0.25, -0.2) is 0 Å². The van der Waals surface area contributed by atoms with Crippen LogP contribution in [0.5, 0.6) is 0 Å². The predicted molar refractivity (Wildman–Crippen MR) is 41.7 cm³/mol. The van der Waals surface area contributed by atoms with Gasteiger partial charge in [-0.05, 0) is 17.8 Å². The van der Waals surface area contributed by atoms with Crippen molar-refractivity contribution in [1.82, 2.24) is 0 Å². The van der Waals surface area contributed by atoms with E-state index < -0.39 is 0 Å². The van der Waals surface area contributed by atoms with Crippen molar-refractivity contribution in [2.24, 2.45) is 11.3 Å². The first-order valence-corrected chi connectivity index (χ1v) is 4.38. The first kappa shape index (κ1) is 7.56. The van der Waals surface area contributed by atoms with E-state index in [2.05, 4.69) is 20.8 Å². The third-order valence-electron chi connectivity index (χ3n) is 2.63. The van der Waals surface area contributed by atoms with E-state index in [-0.39, 0.29) is 5.79 Å². The molecule has 0 aromatic rings. The molecule has 11 heavy (non-hydrogen) atoms. The van der Waals surface area contributed by atoms with Crippen LogP contribution in [0.3, 0.4) is 0 Å². The molecule has 2 rings (SSSR count).